The van der Waals surface area contributed by atoms with Gasteiger partial charge in [0.25, 0.3) is 0 Å². The minimum Gasteiger partial charge on any atom is -0.478 e. The summed E-state index contributed by atoms with van der Waals surface area (Å²) in [6.07, 6.45) is -0.861. The molecule has 5 rings (SSSR count). The maximum absolute atomic E-state index is 14.0. The number of fused-ring (bicyclic) bond motifs is 1. The summed E-state index contributed by atoms with van der Waals surface area (Å²) in [7, 11) is 0. The minimum absolute atomic E-state index is 0.0154. The first-order valence-corrected chi connectivity index (χ1v) is 13.8. The lowest BCUT2D eigenvalue weighted by Crippen LogP contribution is -2.49. The van der Waals surface area contributed by atoms with Gasteiger partial charge in [-0.25, -0.2) is 9.18 Å². The van der Waals surface area contributed by atoms with Crippen molar-refractivity contribution in [2.45, 2.75) is 70.6 Å². The zero-order valence-electron chi connectivity index (χ0n) is 22.6. The van der Waals surface area contributed by atoms with E-state index in [2.05, 4.69) is 4.90 Å². The molecule has 1 aliphatic carbocycles. The lowest BCUT2D eigenvalue weighted by atomic mass is 9.74. The molecule has 3 aliphatic rings. The van der Waals surface area contributed by atoms with E-state index >= 15 is 0 Å². The lowest BCUT2D eigenvalue weighted by molar-refractivity contribution is -0.150. The number of hydrogen-bond donors (Lipinski definition) is 1. The molecule has 2 fully saturated rings. The highest BCUT2D eigenvalue weighted by atomic mass is 19.4. The third-order valence-corrected chi connectivity index (χ3v) is 9.19. The van der Waals surface area contributed by atoms with Crippen molar-refractivity contribution in [3.8, 4) is 5.75 Å². The molecular weight excluding hydrogens is 528 g/mol. The number of aromatic carboxylic acids is 1. The molecule has 2 heterocycles. The first kappa shape index (κ1) is 28.4. The fourth-order valence-corrected chi connectivity index (χ4v) is 6.77. The topological polar surface area (TPSA) is 70.1 Å². The standard InChI is InChI=1S/C30H34F4N2O4/c1-18(2)29(28(39)36-16-22-13-24(30(32,33)34)25(31)14-26(22)40-17-36)9-6-23(15-29)35-10-7-19(8-11-35)20-4-3-5-21(12-20)27(37)38/h3-5,12-14,18-19,23H,6-11,15-17H2,1-2H3,(H,37,38)/t23-,29+/m1/s1. The van der Waals surface area contributed by atoms with Gasteiger partial charge in [-0.1, -0.05) is 26.0 Å². The summed E-state index contributed by atoms with van der Waals surface area (Å²) in [5.41, 5.74) is -0.542. The predicted molar refractivity (Wildman–Crippen MR) is 139 cm³/mol. The van der Waals surface area contributed by atoms with Gasteiger partial charge in [-0.2, -0.15) is 13.2 Å². The van der Waals surface area contributed by atoms with Crippen molar-refractivity contribution in [1.29, 1.82) is 0 Å². The third-order valence-electron chi connectivity index (χ3n) is 9.19. The van der Waals surface area contributed by atoms with E-state index in [0.717, 1.165) is 50.0 Å². The summed E-state index contributed by atoms with van der Waals surface area (Å²) >= 11 is 0. The lowest BCUT2D eigenvalue weighted by Gasteiger charge is -2.41. The van der Waals surface area contributed by atoms with Gasteiger partial charge in [0.15, 0.2) is 6.73 Å². The van der Waals surface area contributed by atoms with Gasteiger partial charge in [-0.3, -0.25) is 4.79 Å². The average Bonchev–Trinajstić information content (AvgIpc) is 3.39. The van der Waals surface area contributed by atoms with Gasteiger partial charge in [0.1, 0.15) is 11.6 Å². The van der Waals surface area contributed by atoms with Crippen LogP contribution in [0.3, 0.4) is 0 Å². The third kappa shape index (κ3) is 5.30. The van der Waals surface area contributed by atoms with E-state index in [1.165, 1.54) is 4.90 Å². The van der Waals surface area contributed by atoms with Crippen LogP contribution >= 0.6 is 0 Å². The quantitative estimate of drug-likeness (QED) is 0.434. The van der Waals surface area contributed by atoms with Crippen molar-refractivity contribution in [1.82, 2.24) is 9.80 Å². The molecule has 1 N–H and O–H groups in total. The maximum atomic E-state index is 14.0. The Labute approximate surface area is 230 Å². The Kier molecular flexibility index (Phi) is 7.58. The largest absolute Gasteiger partial charge is 0.478 e. The molecule has 40 heavy (non-hydrogen) atoms. The number of carboxylic acids is 1. The van der Waals surface area contributed by atoms with Crippen molar-refractivity contribution >= 4 is 11.9 Å². The molecule has 6 nitrogen and oxygen atoms in total. The Morgan fingerprint density at radius 2 is 1.82 bits per heavy atom. The average molecular weight is 563 g/mol. The molecule has 1 saturated carbocycles. The Bertz CT molecular complexity index is 1290. The second-order valence-electron chi connectivity index (χ2n) is 11.7. The molecule has 1 amide bonds. The number of halogens is 4. The molecule has 0 bridgehead atoms. The summed E-state index contributed by atoms with van der Waals surface area (Å²) < 4.78 is 59.4. The number of nitrogens with zero attached hydrogens (tertiary/aromatic N) is 2. The van der Waals surface area contributed by atoms with Crippen LogP contribution in [0.15, 0.2) is 36.4 Å². The van der Waals surface area contributed by atoms with Crippen LogP contribution in [0.25, 0.3) is 0 Å². The maximum Gasteiger partial charge on any atom is 0.419 e. The van der Waals surface area contributed by atoms with E-state index in [4.69, 9.17) is 4.74 Å². The highest BCUT2D eigenvalue weighted by Crippen LogP contribution is 2.49. The van der Waals surface area contributed by atoms with E-state index in [-0.39, 0.29) is 48.4 Å². The van der Waals surface area contributed by atoms with Crippen LogP contribution in [0, 0.1) is 17.2 Å². The highest BCUT2D eigenvalue weighted by Gasteiger charge is 2.51. The van der Waals surface area contributed by atoms with E-state index in [9.17, 15) is 32.3 Å². The number of likely N-dealkylation sites (tertiary alicyclic amines) is 1. The molecule has 2 atom stereocenters. The molecule has 0 aromatic heterocycles. The number of carbonyl (C=O) groups excluding carboxylic acids is 1. The number of piperidine rings is 1. The smallest absolute Gasteiger partial charge is 0.419 e. The van der Waals surface area contributed by atoms with Crippen LogP contribution in [-0.2, 0) is 17.5 Å². The summed E-state index contributed by atoms with van der Waals surface area (Å²) in [6, 6.07) is 8.84. The number of rotatable bonds is 5. The zero-order chi connectivity index (χ0) is 28.8. The van der Waals surface area contributed by atoms with Crippen molar-refractivity contribution < 1.29 is 37.0 Å². The molecule has 2 aromatic rings. The Hall–Kier alpha value is -3.14. The monoisotopic (exact) mass is 562 g/mol. The number of benzene rings is 2. The first-order valence-electron chi connectivity index (χ1n) is 13.8. The Balaban J connectivity index is 1.26. The Morgan fingerprint density at radius 1 is 1.10 bits per heavy atom. The van der Waals surface area contributed by atoms with Crippen LogP contribution in [0.2, 0.25) is 0 Å². The van der Waals surface area contributed by atoms with Crippen molar-refractivity contribution in [2.75, 3.05) is 19.8 Å². The molecule has 2 aromatic carbocycles. The fourth-order valence-electron chi connectivity index (χ4n) is 6.77. The zero-order valence-corrected chi connectivity index (χ0v) is 22.6. The summed E-state index contributed by atoms with van der Waals surface area (Å²) in [6.45, 7) is 5.53. The molecule has 0 radical (unpaired) electrons. The van der Waals surface area contributed by atoms with E-state index in [1.54, 1.807) is 18.2 Å². The van der Waals surface area contributed by atoms with Crippen molar-refractivity contribution in [3.63, 3.8) is 0 Å². The van der Waals surface area contributed by atoms with Crippen LogP contribution in [0.5, 0.6) is 5.75 Å². The second-order valence-corrected chi connectivity index (χ2v) is 11.7. The molecule has 2 aliphatic heterocycles. The van der Waals surface area contributed by atoms with Crippen LogP contribution < -0.4 is 4.74 Å². The number of hydrogen-bond acceptors (Lipinski definition) is 4. The predicted octanol–water partition coefficient (Wildman–Crippen LogP) is 6.30. The summed E-state index contributed by atoms with van der Waals surface area (Å²) in [4.78, 5) is 29.2. The van der Waals surface area contributed by atoms with Gasteiger partial charge >= 0.3 is 12.1 Å². The number of amides is 1. The van der Waals surface area contributed by atoms with Gasteiger partial charge in [-0.15, -0.1) is 0 Å². The van der Waals surface area contributed by atoms with Crippen molar-refractivity contribution in [2.24, 2.45) is 11.3 Å². The van der Waals surface area contributed by atoms with E-state index in [1.807, 2.05) is 19.9 Å². The van der Waals surface area contributed by atoms with Gasteiger partial charge < -0.3 is 19.6 Å². The molecule has 10 heteroatoms. The number of carboxylic acid groups (broad SMARTS) is 1. The van der Waals surface area contributed by atoms with E-state index in [0.29, 0.717) is 18.4 Å². The molecule has 216 valence electrons. The minimum atomic E-state index is -4.84. The molecule has 1 saturated heterocycles. The molecular formula is C30H34F4N2O4. The van der Waals surface area contributed by atoms with Gasteiger partial charge in [0, 0.05) is 17.7 Å². The number of ether oxygens (including phenoxy) is 1. The summed E-state index contributed by atoms with van der Waals surface area (Å²) in [5, 5.41) is 9.32. The normalized spacial score (nSPS) is 24.2. The number of alkyl halides is 3. The number of carbonyl (C=O) groups is 2. The van der Waals surface area contributed by atoms with Gasteiger partial charge in [-0.05, 0) is 80.8 Å². The van der Waals surface area contributed by atoms with Crippen LogP contribution in [0.1, 0.15) is 78.9 Å². The van der Waals surface area contributed by atoms with Crippen LogP contribution in [-0.4, -0.2) is 52.6 Å². The first-order chi connectivity index (χ1) is 18.9. The van der Waals surface area contributed by atoms with Crippen molar-refractivity contribution in [3.05, 3.63) is 64.5 Å². The Morgan fingerprint density at radius 3 is 2.48 bits per heavy atom. The molecule has 0 spiro atoms. The van der Waals surface area contributed by atoms with Gasteiger partial charge in [0.2, 0.25) is 5.91 Å². The summed E-state index contributed by atoms with van der Waals surface area (Å²) in [5.74, 6) is -2.12. The van der Waals surface area contributed by atoms with Gasteiger partial charge in [0.05, 0.1) is 23.1 Å². The fraction of sp³-hybridized carbons (Fsp3) is 0.533. The second kappa shape index (κ2) is 10.7. The highest BCUT2D eigenvalue weighted by molar-refractivity contribution is 5.87. The molecule has 0 unspecified atom stereocenters. The SMILES string of the molecule is CC(C)[C@]1(C(=O)N2COc3cc(F)c(C(F)(F)F)cc3C2)CC[C@@H](N2CCC(c3cccc(C(=O)O)c3)CC2)C1. The van der Waals surface area contributed by atoms with Crippen LogP contribution in [0.4, 0.5) is 17.6 Å². The van der Waals surface area contributed by atoms with E-state index < -0.39 is 28.9 Å².